The normalized spacial score (nSPS) is 10.1. The number of hydrogen-bond acceptors (Lipinski definition) is 4. The summed E-state index contributed by atoms with van der Waals surface area (Å²) in [7, 11) is 1.59. The molecule has 0 unspecified atom stereocenters. The van der Waals surface area contributed by atoms with Crippen LogP contribution < -0.4 is 10.1 Å². The van der Waals surface area contributed by atoms with Crippen molar-refractivity contribution in [2.75, 3.05) is 12.4 Å². The number of benzene rings is 1. The van der Waals surface area contributed by atoms with Crippen molar-refractivity contribution in [1.29, 1.82) is 0 Å². The van der Waals surface area contributed by atoms with Crippen LogP contribution in [0.2, 0.25) is 0 Å². The zero-order valence-electron chi connectivity index (χ0n) is 9.57. The molecule has 2 rings (SSSR count). The van der Waals surface area contributed by atoms with Gasteiger partial charge >= 0.3 is 0 Å². The Bertz CT molecular complexity index is 514. The maximum Gasteiger partial charge on any atom is 0.186 e. The van der Waals surface area contributed by atoms with E-state index < -0.39 is 5.82 Å². The third kappa shape index (κ3) is 2.50. The molecule has 1 N–H and O–H groups in total. The van der Waals surface area contributed by atoms with E-state index in [0.29, 0.717) is 5.69 Å². The van der Waals surface area contributed by atoms with Gasteiger partial charge in [-0.15, -0.1) is 0 Å². The first kappa shape index (κ1) is 11.3. The summed E-state index contributed by atoms with van der Waals surface area (Å²) in [5.74, 6) is 0.473. The van der Waals surface area contributed by atoms with E-state index in [0.717, 1.165) is 11.4 Å². The molecule has 1 aromatic heterocycles. The molecule has 0 bridgehead atoms. The quantitative estimate of drug-likeness (QED) is 0.885. The predicted molar refractivity (Wildman–Crippen MR) is 63.0 cm³/mol. The lowest BCUT2D eigenvalue weighted by Crippen LogP contribution is -2.00. The minimum atomic E-state index is -0.441. The van der Waals surface area contributed by atoms with Crippen molar-refractivity contribution in [3.63, 3.8) is 0 Å². The molecule has 0 atom stereocenters. The summed E-state index contributed by atoms with van der Waals surface area (Å²) in [6.45, 7) is 1.59. The van der Waals surface area contributed by atoms with Crippen molar-refractivity contribution in [3.05, 3.63) is 42.1 Å². The lowest BCUT2D eigenvalue weighted by atomic mass is 10.3. The van der Waals surface area contributed by atoms with Gasteiger partial charge in [0, 0.05) is 5.69 Å². The first-order chi connectivity index (χ1) is 8.20. The van der Waals surface area contributed by atoms with E-state index in [1.807, 2.05) is 0 Å². The molecule has 0 spiro atoms. The van der Waals surface area contributed by atoms with Crippen molar-refractivity contribution in [3.8, 4) is 5.75 Å². The largest absolute Gasteiger partial charge is 0.497 e. The molecule has 1 aromatic carbocycles. The molecular formula is C12H12FN3O. The van der Waals surface area contributed by atoms with Crippen LogP contribution in [0.5, 0.6) is 5.75 Å². The number of halogens is 1. The average molecular weight is 233 g/mol. The van der Waals surface area contributed by atoms with Crippen molar-refractivity contribution in [1.82, 2.24) is 9.97 Å². The highest BCUT2D eigenvalue weighted by Gasteiger charge is 2.07. The lowest BCUT2D eigenvalue weighted by Gasteiger charge is -2.07. The van der Waals surface area contributed by atoms with Gasteiger partial charge in [-0.2, -0.15) is 0 Å². The van der Waals surface area contributed by atoms with Crippen LogP contribution in [0.1, 0.15) is 5.69 Å². The second-order valence-electron chi connectivity index (χ2n) is 3.48. The summed E-state index contributed by atoms with van der Waals surface area (Å²) >= 11 is 0. The van der Waals surface area contributed by atoms with Crippen molar-refractivity contribution >= 4 is 11.5 Å². The second-order valence-corrected chi connectivity index (χ2v) is 3.48. The van der Waals surface area contributed by atoms with E-state index >= 15 is 0 Å². The van der Waals surface area contributed by atoms with Crippen LogP contribution in [-0.4, -0.2) is 17.1 Å². The van der Waals surface area contributed by atoms with E-state index in [2.05, 4.69) is 15.3 Å². The molecule has 17 heavy (non-hydrogen) atoms. The molecule has 0 saturated carbocycles. The van der Waals surface area contributed by atoms with Gasteiger partial charge in [0.15, 0.2) is 11.6 Å². The van der Waals surface area contributed by atoms with Gasteiger partial charge in [0.1, 0.15) is 12.1 Å². The van der Waals surface area contributed by atoms with Crippen LogP contribution in [0.3, 0.4) is 0 Å². The Kier molecular flexibility index (Phi) is 3.18. The Balaban J connectivity index is 2.22. The Labute approximate surface area is 98.5 Å². The van der Waals surface area contributed by atoms with Gasteiger partial charge < -0.3 is 10.1 Å². The molecule has 0 aliphatic rings. The number of anilines is 2. The summed E-state index contributed by atoms with van der Waals surface area (Å²) in [6.07, 6.45) is 1.32. The van der Waals surface area contributed by atoms with Gasteiger partial charge in [-0.05, 0) is 31.2 Å². The number of aryl methyl sites for hydroxylation is 1. The highest BCUT2D eigenvalue weighted by atomic mass is 19.1. The van der Waals surface area contributed by atoms with Crippen LogP contribution in [-0.2, 0) is 0 Å². The van der Waals surface area contributed by atoms with Gasteiger partial charge in [0.25, 0.3) is 0 Å². The van der Waals surface area contributed by atoms with Crippen LogP contribution in [0.25, 0.3) is 0 Å². The Morgan fingerprint density at radius 2 is 1.88 bits per heavy atom. The standard InChI is InChI=1S/C12H12FN3O/c1-8-11(13)12(15-7-14-8)16-9-3-5-10(17-2)6-4-9/h3-7H,1-2H3,(H,14,15,16). The molecule has 0 aliphatic heterocycles. The highest BCUT2D eigenvalue weighted by Crippen LogP contribution is 2.20. The number of hydrogen-bond donors (Lipinski definition) is 1. The monoisotopic (exact) mass is 233 g/mol. The molecule has 0 saturated heterocycles. The Hall–Kier alpha value is -2.17. The minimum Gasteiger partial charge on any atom is -0.497 e. The van der Waals surface area contributed by atoms with E-state index in [9.17, 15) is 4.39 Å². The smallest absolute Gasteiger partial charge is 0.186 e. The van der Waals surface area contributed by atoms with Crippen molar-refractivity contribution < 1.29 is 9.13 Å². The predicted octanol–water partition coefficient (Wildman–Crippen LogP) is 2.68. The fourth-order valence-corrected chi connectivity index (χ4v) is 1.36. The third-order valence-corrected chi connectivity index (χ3v) is 2.32. The molecule has 2 aromatic rings. The van der Waals surface area contributed by atoms with Crippen LogP contribution in [0.15, 0.2) is 30.6 Å². The van der Waals surface area contributed by atoms with Crippen molar-refractivity contribution in [2.24, 2.45) is 0 Å². The second kappa shape index (κ2) is 4.78. The zero-order valence-corrected chi connectivity index (χ0v) is 9.57. The molecule has 1 heterocycles. The maximum absolute atomic E-state index is 13.6. The van der Waals surface area contributed by atoms with E-state index in [1.54, 1.807) is 38.3 Å². The van der Waals surface area contributed by atoms with E-state index in [1.165, 1.54) is 6.33 Å². The van der Waals surface area contributed by atoms with Crippen LogP contribution >= 0.6 is 0 Å². The number of aromatic nitrogens is 2. The van der Waals surface area contributed by atoms with Gasteiger partial charge in [0.2, 0.25) is 0 Å². The van der Waals surface area contributed by atoms with E-state index in [-0.39, 0.29) is 5.82 Å². The molecule has 5 heteroatoms. The van der Waals surface area contributed by atoms with E-state index in [4.69, 9.17) is 4.74 Å². The number of rotatable bonds is 3. The number of nitrogens with zero attached hydrogens (tertiary/aromatic N) is 2. The number of methoxy groups -OCH3 is 1. The molecule has 0 amide bonds. The van der Waals surface area contributed by atoms with Gasteiger partial charge in [-0.25, -0.2) is 14.4 Å². The number of nitrogens with one attached hydrogen (secondary N) is 1. The molecular weight excluding hydrogens is 221 g/mol. The maximum atomic E-state index is 13.6. The first-order valence-corrected chi connectivity index (χ1v) is 5.09. The molecule has 0 aliphatic carbocycles. The fraction of sp³-hybridized carbons (Fsp3) is 0.167. The zero-order chi connectivity index (χ0) is 12.3. The third-order valence-electron chi connectivity index (χ3n) is 2.32. The van der Waals surface area contributed by atoms with Crippen molar-refractivity contribution in [2.45, 2.75) is 6.92 Å². The summed E-state index contributed by atoms with van der Waals surface area (Å²) in [6, 6.07) is 7.15. The first-order valence-electron chi connectivity index (χ1n) is 5.09. The number of ether oxygens (including phenoxy) is 1. The Morgan fingerprint density at radius 3 is 2.53 bits per heavy atom. The highest BCUT2D eigenvalue weighted by molar-refractivity contribution is 5.57. The molecule has 88 valence electrons. The van der Waals surface area contributed by atoms with Gasteiger partial charge in [-0.1, -0.05) is 0 Å². The van der Waals surface area contributed by atoms with Crippen LogP contribution in [0, 0.1) is 12.7 Å². The topological polar surface area (TPSA) is 47.0 Å². The summed E-state index contributed by atoms with van der Waals surface area (Å²) in [5, 5.41) is 2.88. The Morgan fingerprint density at radius 1 is 1.18 bits per heavy atom. The summed E-state index contributed by atoms with van der Waals surface area (Å²) in [5.41, 5.74) is 1.05. The SMILES string of the molecule is COc1ccc(Nc2ncnc(C)c2F)cc1. The fourth-order valence-electron chi connectivity index (χ4n) is 1.36. The summed E-state index contributed by atoms with van der Waals surface area (Å²) < 4.78 is 18.7. The van der Waals surface area contributed by atoms with Gasteiger partial charge in [0.05, 0.1) is 12.8 Å². The van der Waals surface area contributed by atoms with Crippen LogP contribution in [0.4, 0.5) is 15.9 Å². The van der Waals surface area contributed by atoms with Gasteiger partial charge in [-0.3, -0.25) is 0 Å². The minimum absolute atomic E-state index is 0.169. The molecule has 0 fully saturated rings. The molecule has 4 nitrogen and oxygen atoms in total. The lowest BCUT2D eigenvalue weighted by molar-refractivity contribution is 0.415. The summed E-state index contributed by atoms with van der Waals surface area (Å²) in [4.78, 5) is 7.61. The molecule has 0 radical (unpaired) electrons. The average Bonchev–Trinajstić information content (AvgIpc) is 2.36.